The Kier molecular flexibility index (Phi) is 5.52. The highest BCUT2D eigenvalue weighted by Crippen LogP contribution is 2.31. The van der Waals surface area contributed by atoms with Crippen molar-refractivity contribution in [3.63, 3.8) is 0 Å². The third-order valence-corrected chi connectivity index (χ3v) is 9.17. The Hall–Kier alpha value is -3.06. The van der Waals surface area contributed by atoms with Gasteiger partial charge in [-0.25, -0.2) is 0 Å². The smallest absolute Gasteiger partial charge is 0.125 e. The summed E-state index contributed by atoms with van der Waals surface area (Å²) < 4.78 is 0. The topological polar surface area (TPSA) is 12.9 Å². The number of aromatic nitrogens is 1. The molecule has 5 rings (SSSR count). The van der Waals surface area contributed by atoms with E-state index in [0.717, 1.165) is 5.52 Å². The standard InChI is InChI=1S/C27H20NPSi/c1-3-13-22(14-4-1)29(23-15-5-2-6-16-23)24-17-7-8-18-25(24)30-26-19-9-11-21-12-10-20-28-27(21)26/h1-20H. The highest BCUT2D eigenvalue weighted by atomic mass is 31.1. The average molecular weight is 418 g/mol. The number of hydrogen-bond acceptors (Lipinski definition) is 1. The molecule has 2 radical (unpaired) electrons. The minimum atomic E-state index is -0.620. The molecule has 4 aromatic carbocycles. The molecule has 30 heavy (non-hydrogen) atoms. The average Bonchev–Trinajstić information content (AvgIpc) is 2.82. The van der Waals surface area contributed by atoms with Gasteiger partial charge in [0, 0.05) is 11.6 Å². The summed E-state index contributed by atoms with van der Waals surface area (Å²) in [6.45, 7) is 0. The van der Waals surface area contributed by atoms with E-state index in [9.17, 15) is 0 Å². The van der Waals surface area contributed by atoms with Gasteiger partial charge in [0.15, 0.2) is 0 Å². The van der Waals surface area contributed by atoms with Crippen molar-refractivity contribution in [1.29, 1.82) is 0 Å². The van der Waals surface area contributed by atoms with E-state index in [1.165, 1.54) is 31.7 Å². The van der Waals surface area contributed by atoms with Gasteiger partial charge < -0.3 is 0 Å². The first-order valence-corrected chi connectivity index (χ1v) is 12.3. The molecule has 0 saturated carbocycles. The van der Waals surface area contributed by atoms with E-state index < -0.39 is 7.92 Å². The number of hydrogen-bond donors (Lipinski definition) is 0. The Morgan fingerprint density at radius 3 is 1.87 bits per heavy atom. The zero-order valence-electron chi connectivity index (χ0n) is 16.4. The van der Waals surface area contributed by atoms with Crippen LogP contribution in [0.4, 0.5) is 0 Å². The second-order valence-corrected chi connectivity index (χ2v) is 10.5. The van der Waals surface area contributed by atoms with Crippen LogP contribution < -0.4 is 26.3 Å². The number of benzene rings is 4. The number of rotatable bonds is 5. The molecule has 142 valence electrons. The number of nitrogens with zero attached hydrogens (tertiary/aromatic N) is 1. The molecular formula is C27H20NPSi. The lowest BCUT2D eigenvalue weighted by Crippen LogP contribution is -2.40. The summed E-state index contributed by atoms with van der Waals surface area (Å²) in [7, 11) is -0.0540. The molecule has 0 amide bonds. The first-order chi connectivity index (χ1) is 14.9. The summed E-state index contributed by atoms with van der Waals surface area (Å²) in [4.78, 5) is 4.68. The normalized spacial score (nSPS) is 11.1. The van der Waals surface area contributed by atoms with E-state index in [1.54, 1.807) is 0 Å². The molecule has 0 atom stereocenters. The van der Waals surface area contributed by atoms with Crippen molar-refractivity contribution in [2.45, 2.75) is 0 Å². The van der Waals surface area contributed by atoms with Crippen molar-refractivity contribution < 1.29 is 0 Å². The van der Waals surface area contributed by atoms with Crippen LogP contribution in [0.15, 0.2) is 121 Å². The van der Waals surface area contributed by atoms with E-state index in [2.05, 4.69) is 114 Å². The highest BCUT2D eigenvalue weighted by Gasteiger charge is 2.20. The maximum absolute atomic E-state index is 4.68. The Morgan fingerprint density at radius 1 is 0.533 bits per heavy atom. The van der Waals surface area contributed by atoms with Crippen LogP contribution in [0.1, 0.15) is 0 Å². The summed E-state index contributed by atoms with van der Waals surface area (Å²) in [5.41, 5.74) is 1.11. The first kappa shape index (κ1) is 18.9. The second kappa shape index (κ2) is 8.75. The zero-order valence-corrected chi connectivity index (χ0v) is 18.3. The highest BCUT2D eigenvalue weighted by molar-refractivity contribution is 7.80. The van der Waals surface area contributed by atoms with Crippen LogP contribution in [0.3, 0.4) is 0 Å². The lowest BCUT2D eigenvalue weighted by Gasteiger charge is -2.22. The van der Waals surface area contributed by atoms with Gasteiger partial charge in [-0.05, 0) is 35.1 Å². The van der Waals surface area contributed by atoms with Crippen LogP contribution in [0.25, 0.3) is 10.9 Å². The quantitative estimate of drug-likeness (QED) is 0.314. The molecule has 0 saturated heterocycles. The van der Waals surface area contributed by atoms with E-state index >= 15 is 0 Å². The van der Waals surface area contributed by atoms with Gasteiger partial charge in [0.25, 0.3) is 0 Å². The van der Waals surface area contributed by atoms with Gasteiger partial charge in [-0.2, -0.15) is 0 Å². The Labute approximate surface area is 181 Å². The fraction of sp³-hybridized carbons (Fsp3) is 0. The molecule has 0 aliphatic carbocycles. The maximum atomic E-state index is 4.68. The summed E-state index contributed by atoms with van der Waals surface area (Å²) in [6.07, 6.45) is 1.89. The number of fused-ring (bicyclic) bond motifs is 1. The van der Waals surface area contributed by atoms with Gasteiger partial charge >= 0.3 is 0 Å². The van der Waals surface area contributed by atoms with Crippen molar-refractivity contribution in [3.8, 4) is 0 Å². The maximum Gasteiger partial charge on any atom is 0.125 e. The van der Waals surface area contributed by atoms with Gasteiger partial charge in [0.05, 0.1) is 5.52 Å². The molecule has 5 aromatic rings. The Morgan fingerprint density at radius 2 is 1.13 bits per heavy atom. The van der Waals surface area contributed by atoms with Gasteiger partial charge in [-0.3, -0.25) is 4.98 Å². The summed E-state index contributed by atoms with van der Waals surface area (Å²) >= 11 is 0. The van der Waals surface area contributed by atoms with Gasteiger partial charge in [0.1, 0.15) is 9.52 Å². The largest absolute Gasteiger partial charge is 0.256 e. The van der Waals surface area contributed by atoms with E-state index in [-0.39, 0.29) is 0 Å². The predicted molar refractivity (Wildman–Crippen MR) is 132 cm³/mol. The molecule has 0 unspecified atom stereocenters. The molecule has 0 fully saturated rings. The van der Waals surface area contributed by atoms with Crippen molar-refractivity contribution >= 4 is 54.6 Å². The van der Waals surface area contributed by atoms with E-state index in [0.29, 0.717) is 9.52 Å². The Balaban J connectivity index is 1.64. The molecule has 0 spiro atoms. The van der Waals surface area contributed by atoms with Crippen LogP contribution in [-0.4, -0.2) is 14.5 Å². The lowest BCUT2D eigenvalue weighted by molar-refractivity contribution is 1.42. The van der Waals surface area contributed by atoms with Crippen molar-refractivity contribution in [3.05, 3.63) is 121 Å². The summed E-state index contributed by atoms with van der Waals surface area (Å²) in [6, 6.07) is 41.4. The lowest BCUT2D eigenvalue weighted by atomic mass is 10.2. The fourth-order valence-electron chi connectivity index (χ4n) is 3.71. The Bertz CT molecular complexity index is 1230. The van der Waals surface area contributed by atoms with Crippen LogP contribution in [0.5, 0.6) is 0 Å². The third kappa shape index (κ3) is 3.85. The first-order valence-electron chi connectivity index (χ1n) is 10.0. The number of para-hydroxylation sites is 1. The van der Waals surface area contributed by atoms with E-state index in [4.69, 9.17) is 0 Å². The van der Waals surface area contributed by atoms with E-state index in [1.807, 2.05) is 12.3 Å². The minimum absolute atomic E-state index is 0.566. The van der Waals surface area contributed by atoms with Crippen LogP contribution in [-0.2, 0) is 0 Å². The second-order valence-electron chi connectivity index (χ2n) is 7.03. The minimum Gasteiger partial charge on any atom is -0.256 e. The zero-order chi connectivity index (χ0) is 20.2. The van der Waals surface area contributed by atoms with Crippen molar-refractivity contribution in [2.24, 2.45) is 0 Å². The monoisotopic (exact) mass is 417 g/mol. The molecular weight excluding hydrogens is 397 g/mol. The SMILES string of the molecule is c1ccc(P(c2ccccc2)c2ccccc2[Si]c2cccc3cccnc23)cc1. The molecule has 1 aromatic heterocycles. The molecule has 1 nitrogen and oxygen atoms in total. The number of pyridine rings is 1. The predicted octanol–water partition coefficient (Wildman–Crippen LogP) is 3.65. The summed E-state index contributed by atoms with van der Waals surface area (Å²) in [5, 5.41) is 8.09. The van der Waals surface area contributed by atoms with Crippen molar-refractivity contribution in [2.75, 3.05) is 0 Å². The molecule has 0 N–H and O–H groups in total. The molecule has 0 bridgehead atoms. The van der Waals surface area contributed by atoms with Crippen LogP contribution >= 0.6 is 7.92 Å². The van der Waals surface area contributed by atoms with Crippen LogP contribution in [0, 0.1) is 0 Å². The van der Waals surface area contributed by atoms with Gasteiger partial charge in [0.2, 0.25) is 0 Å². The molecule has 3 heteroatoms. The van der Waals surface area contributed by atoms with Crippen LogP contribution in [0.2, 0.25) is 0 Å². The van der Waals surface area contributed by atoms with Gasteiger partial charge in [-0.1, -0.05) is 114 Å². The third-order valence-electron chi connectivity index (χ3n) is 5.08. The molecule has 0 aliphatic rings. The molecule has 0 aliphatic heterocycles. The van der Waals surface area contributed by atoms with Gasteiger partial charge in [-0.15, -0.1) is 0 Å². The summed E-state index contributed by atoms with van der Waals surface area (Å²) in [5.74, 6) is 0. The molecule has 1 heterocycles. The van der Waals surface area contributed by atoms with Crippen molar-refractivity contribution in [1.82, 2.24) is 4.98 Å². The fourth-order valence-corrected chi connectivity index (χ4v) is 7.74.